The van der Waals surface area contributed by atoms with Crippen LogP contribution < -0.4 is 5.32 Å². The van der Waals surface area contributed by atoms with Crippen LogP contribution in [0, 0.1) is 0 Å². The molecule has 0 aliphatic rings. The highest BCUT2D eigenvalue weighted by Crippen LogP contribution is 2.15. The molecule has 0 unspecified atom stereocenters. The molecule has 0 atom stereocenters. The zero-order chi connectivity index (χ0) is 21.8. The van der Waals surface area contributed by atoms with Crippen molar-refractivity contribution in [2.45, 2.75) is 174 Å². The number of rotatable bonds is 27. The van der Waals surface area contributed by atoms with Gasteiger partial charge in [0.2, 0.25) is 0 Å². The van der Waals surface area contributed by atoms with Gasteiger partial charge < -0.3 is 5.32 Å². The molecule has 0 amide bonds. The minimum absolute atomic E-state index is 1.19. The number of hydrogen-bond acceptors (Lipinski definition) is 1. The quantitative estimate of drug-likeness (QED) is 0.129. The van der Waals surface area contributed by atoms with Crippen LogP contribution in [0.4, 0.5) is 0 Å². The second-order valence-corrected chi connectivity index (χ2v) is 9.88. The summed E-state index contributed by atoms with van der Waals surface area (Å²) in [5.41, 5.74) is 0. The van der Waals surface area contributed by atoms with E-state index < -0.39 is 0 Å². The molecule has 0 fully saturated rings. The molecule has 0 spiro atoms. The summed E-state index contributed by atoms with van der Waals surface area (Å²) in [6, 6.07) is 0. The maximum Gasteiger partial charge on any atom is -0.00489 e. The minimum Gasteiger partial charge on any atom is -0.317 e. The molecule has 0 heterocycles. The number of nitrogens with one attached hydrogen (secondary N) is 1. The molecule has 0 saturated carbocycles. The van der Waals surface area contributed by atoms with Crippen LogP contribution in [0.2, 0.25) is 0 Å². The van der Waals surface area contributed by atoms with Gasteiger partial charge in [-0.3, -0.25) is 0 Å². The van der Waals surface area contributed by atoms with Gasteiger partial charge in [-0.25, -0.2) is 0 Å². The molecule has 0 saturated heterocycles. The van der Waals surface area contributed by atoms with E-state index in [9.17, 15) is 0 Å². The van der Waals surface area contributed by atoms with Crippen LogP contribution in [0.1, 0.15) is 174 Å². The average molecular weight is 424 g/mol. The Morgan fingerprint density at radius 2 is 0.533 bits per heavy atom. The van der Waals surface area contributed by atoms with Crippen molar-refractivity contribution < 1.29 is 0 Å². The zero-order valence-electron chi connectivity index (χ0n) is 21.6. The Kier molecular flexibility index (Phi) is 28.9. The first kappa shape index (κ1) is 30.0. The van der Waals surface area contributed by atoms with Gasteiger partial charge in [-0.1, -0.05) is 162 Å². The number of hydrogen-bond donors (Lipinski definition) is 1. The number of unbranched alkanes of at least 4 members (excludes halogenated alkanes) is 23. The van der Waals surface area contributed by atoms with Crippen LogP contribution in [0.15, 0.2) is 0 Å². The SMILES string of the molecule is CCCCCCCCCCCCCCCCCCCCCCCCCCNCCC. The lowest BCUT2D eigenvalue weighted by atomic mass is 10.0. The summed E-state index contributed by atoms with van der Waals surface area (Å²) in [5.74, 6) is 0. The van der Waals surface area contributed by atoms with Crippen molar-refractivity contribution in [3.8, 4) is 0 Å². The average Bonchev–Trinajstić information content (AvgIpc) is 2.76. The summed E-state index contributed by atoms with van der Waals surface area (Å²) >= 11 is 0. The van der Waals surface area contributed by atoms with Crippen LogP contribution in [0.5, 0.6) is 0 Å². The van der Waals surface area contributed by atoms with Gasteiger partial charge in [-0.2, -0.15) is 0 Å². The topological polar surface area (TPSA) is 12.0 Å². The van der Waals surface area contributed by atoms with Crippen LogP contribution in [0.25, 0.3) is 0 Å². The summed E-state index contributed by atoms with van der Waals surface area (Å²) in [5, 5.41) is 3.50. The van der Waals surface area contributed by atoms with E-state index in [1.165, 1.54) is 174 Å². The molecule has 0 aliphatic heterocycles. The Morgan fingerprint density at radius 3 is 0.800 bits per heavy atom. The fourth-order valence-corrected chi connectivity index (χ4v) is 4.51. The molecule has 182 valence electrons. The molecule has 0 bridgehead atoms. The second-order valence-electron chi connectivity index (χ2n) is 9.88. The predicted octanol–water partition coefficient (Wildman–Crippen LogP) is 10.4. The van der Waals surface area contributed by atoms with Gasteiger partial charge in [-0.15, -0.1) is 0 Å². The normalized spacial score (nSPS) is 11.4. The van der Waals surface area contributed by atoms with Crippen molar-refractivity contribution in [2.24, 2.45) is 0 Å². The second kappa shape index (κ2) is 29.0. The van der Waals surface area contributed by atoms with Crippen LogP contribution in [0.3, 0.4) is 0 Å². The van der Waals surface area contributed by atoms with E-state index in [1.807, 2.05) is 0 Å². The van der Waals surface area contributed by atoms with Crippen molar-refractivity contribution in [1.82, 2.24) is 5.32 Å². The van der Waals surface area contributed by atoms with E-state index in [0.717, 1.165) is 0 Å². The summed E-state index contributed by atoms with van der Waals surface area (Å²) in [4.78, 5) is 0. The molecule has 0 rings (SSSR count). The third-order valence-electron chi connectivity index (χ3n) is 6.63. The molecule has 0 aromatic carbocycles. The first-order valence-electron chi connectivity index (χ1n) is 14.6. The summed E-state index contributed by atoms with van der Waals surface area (Å²) in [6.07, 6.45) is 36.5. The Balaban J connectivity index is 2.97. The molecule has 1 N–H and O–H groups in total. The largest absolute Gasteiger partial charge is 0.317 e. The first-order valence-corrected chi connectivity index (χ1v) is 14.6. The molecule has 1 nitrogen and oxygen atoms in total. The van der Waals surface area contributed by atoms with Crippen molar-refractivity contribution in [1.29, 1.82) is 0 Å². The standard InChI is InChI=1S/C29H61N/c1-3-5-6-7-8-9-10-11-12-13-14-15-16-17-18-19-20-21-22-23-24-25-26-27-29-30-28-4-2/h30H,3-29H2,1-2H3. The summed E-state index contributed by atoms with van der Waals surface area (Å²) in [7, 11) is 0. The molecule has 30 heavy (non-hydrogen) atoms. The van der Waals surface area contributed by atoms with E-state index in [-0.39, 0.29) is 0 Å². The third kappa shape index (κ3) is 28.0. The molecule has 0 aromatic heterocycles. The Bertz CT molecular complexity index is 248. The van der Waals surface area contributed by atoms with Crippen LogP contribution in [-0.4, -0.2) is 13.1 Å². The van der Waals surface area contributed by atoms with Gasteiger partial charge in [0.05, 0.1) is 0 Å². The smallest absolute Gasteiger partial charge is 0.00489 e. The van der Waals surface area contributed by atoms with E-state index in [0.29, 0.717) is 0 Å². The molecular formula is C29H61N. The van der Waals surface area contributed by atoms with E-state index in [1.54, 1.807) is 0 Å². The Labute approximate surface area is 193 Å². The van der Waals surface area contributed by atoms with Crippen LogP contribution in [-0.2, 0) is 0 Å². The Hall–Kier alpha value is -0.0400. The highest BCUT2D eigenvalue weighted by Gasteiger charge is 1.96. The van der Waals surface area contributed by atoms with Crippen molar-refractivity contribution in [2.75, 3.05) is 13.1 Å². The molecule has 1 heteroatoms. The highest BCUT2D eigenvalue weighted by molar-refractivity contribution is 4.52. The fraction of sp³-hybridized carbons (Fsp3) is 1.00. The fourth-order valence-electron chi connectivity index (χ4n) is 4.51. The summed E-state index contributed by atoms with van der Waals surface area (Å²) < 4.78 is 0. The first-order chi connectivity index (χ1) is 14.9. The monoisotopic (exact) mass is 423 g/mol. The summed E-state index contributed by atoms with van der Waals surface area (Å²) in [6.45, 7) is 6.97. The van der Waals surface area contributed by atoms with Gasteiger partial charge in [0, 0.05) is 0 Å². The van der Waals surface area contributed by atoms with E-state index >= 15 is 0 Å². The van der Waals surface area contributed by atoms with Crippen molar-refractivity contribution in [3.05, 3.63) is 0 Å². The van der Waals surface area contributed by atoms with Crippen molar-refractivity contribution in [3.63, 3.8) is 0 Å². The maximum atomic E-state index is 3.50. The molecule has 0 radical (unpaired) electrons. The highest BCUT2D eigenvalue weighted by atomic mass is 14.8. The lowest BCUT2D eigenvalue weighted by Gasteiger charge is -2.05. The lowest BCUT2D eigenvalue weighted by Crippen LogP contribution is -2.15. The third-order valence-corrected chi connectivity index (χ3v) is 6.63. The maximum absolute atomic E-state index is 3.50. The van der Waals surface area contributed by atoms with Gasteiger partial charge >= 0.3 is 0 Å². The predicted molar refractivity (Wildman–Crippen MR) is 140 cm³/mol. The minimum atomic E-state index is 1.19. The van der Waals surface area contributed by atoms with E-state index in [2.05, 4.69) is 19.2 Å². The molecule has 0 aromatic rings. The lowest BCUT2D eigenvalue weighted by molar-refractivity contribution is 0.515. The van der Waals surface area contributed by atoms with Gasteiger partial charge in [0.1, 0.15) is 0 Å². The van der Waals surface area contributed by atoms with Crippen molar-refractivity contribution >= 4 is 0 Å². The Morgan fingerprint density at radius 1 is 0.267 bits per heavy atom. The van der Waals surface area contributed by atoms with E-state index in [4.69, 9.17) is 0 Å². The molecular weight excluding hydrogens is 362 g/mol. The van der Waals surface area contributed by atoms with Gasteiger partial charge in [0.25, 0.3) is 0 Å². The van der Waals surface area contributed by atoms with Gasteiger partial charge in [0.15, 0.2) is 0 Å². The van der Waals surface area contributed by atoms with Crippen LogP contribution >= 0.6 is 0 Å². The zero-order valence-corrected chi connectivity index (χ0v) is 21.6. The van der Waals surface area contributed by atoms with Gasteiger partial charge in [-0.05, 0) is 25.9 Å². The molecule has 0 aliphatic carbocycles.